The molecular weight excluding hydrogens is 268 g/mol. The second-order valence-electron chi connectivity index (χ2n) is 5.85. The molecule has 1 fully saturated rings. The SMILES string of the molecule is Cc1cc(NC(=O)NCCO[C@H]2CCCC[C@H]2C)n(C)n1. The van der Waals surface area contributed by atoms with Gasteiger partial charge in [-0.05, 0) is 25.7 Å². The van der Waals surface area contributed by atoms with Gasteiger partial charge in [0.15, 0.2) is 0 Å². The van der Waals surface area contributed by atoms with E-state index in [1.165, 1.54) is 19.3 Å². The Morgan fingerprint density at radius 2 is 2.24 bits per heavy atom. The van der Waals surface area contributed by atoms with Crippen LogP contribution >= 0.6 is 0 Å². The lowest BCUT2D eigenvalue weighted by atomic mass is 9.88. The van der Waals surface area contributed by atoms with E-state index < -0.39 is 0 Å². The fraction of sp³-hybridized carbons (Fsp3) is 0.733. The molecule has 1 aromatic rings. The maximum absolute atomic E-state index is 11.8. The molecule has 6 nitrogen and oxygen atoms in total. The molecule has 2 amide bonds. The van der Waals surface area contributed by atoms with Crippen molar-refractivity contribution in [1.29, 1.82) is 0 Å². The highest BCUT2D eigenvalue weighted by Crippen LogP contribution is 2.25. The predicted octanol–water partition coefficient (Wildman–Crippen LogP) is 2.45. The number of carbonyl (C=O) groups is 1. The number of aromatic nitrogens is 2. The van der Waals surface area contributed by atoms with Gasteiger partial charge in [-0.2, -0.15) is 5.10 Å². The molecule has 0 radical (unpaired) electrons. The molecule has 6 heteroatoms. The molecule has 1 aliphatic carbocycles. The number of urea groups is 1. The number of carbonyl (C=O) groups excluding carboxylic acids is 1. The van der Waals surface area contributed by atoms with Crippen LogP contribution in [0.2, 0.25) is 0 Å². The molecule has 0 aromatic carbocycles. The minimum atomic E-state index is -0.224. The second-order valence-corrected chi connectivity index (χ2v) is 5.85. The average Bonchev–Trinajstić information content (AvgIpc) is 2.75. The number of nitrogens with one attached hydrogen (secondary N) is 2. The second kappa shape index (κ2) is 7.45. The fourth-order valence-corrected chi connectivity index (χ4v) is 2.79. The van der Waals surface area contributed by atoms with E-state index in [-0.39, 0.29) is 6.03 Å². The zero-order chi connectivity index (χ0) is 15.2. The van der Waals surface area contributed by atoms with Gasteiger partial charge in [-0.15, -0.1) is 0 Å². The van der Waals surface area contributed by atoms with E-state index >= 15 is 0 Å². The van der Waals surface area contributed by atoms with Crippen LogP contribution in [0.3, 0.4) is 0 Å². The minimum Gasteiger partial charge on any atom is -0.376 e. The Morgan fingerprint density at radius 1 is 1.48 bits per heavy atom. The van der Waals surface area contributed by atoms with Crippen molar-refractivity contribution < 1.29 is 9.53 Å². The zero-order valence-corrected chi connectivity index (χ0v) is 13.2. The number of anilines is 1. The molecular formula is C15H26N4O2. The molecule has 1 aromatic heterocycles. The molecule has 0 bridgehead atoms. The summed E-state index contributed by atoms with van der Waals surface area (Å²) in [5.41, 5.74) is 0.877. The maximum Gasteiger partial charge on any atom is 0.320 e. The zero-order valence-electron chi connectivity index (χ0n) is 13.2. The first-order valence-corrected chi connectivity index (χ1v) is 7.73. The van der Waals surface area contributed by atoms with Crippen molar-refractivity contribution in [3.8, 4) is 0 Å². The van der Waals surface area contributed by atoms with Gasteiger partial charge < -0.3 is 10.1 Å². The molecule has 0 saturated heterocycles. The van der Waals surface area contributed by atoms with Crippen LogP contribution in [0.25, 0.3) is 0 Å². The third-order valence-electron chi connectivity index (χ3n) is 4.00. The van der Waals surface area contributed by atoms with Crippen LogP contribution < -0.4 is 10.6 Å². The van der Waals surface area contributed by atoms with Crippen LogP contribution in [-0.4, -0.2) is 35.1 Å². The summed E-state index contributed by atoms with van der Waals surface area (Å²) in [6.45, 7) is 5.22. The van der Waals surface area contributed by atoms with Crippen molar-refractivity contribution in [1.82, 2.24) is 15.1 Å². The van der Waals surface area contributed by atoms with Crippen LogP contribution in [0.1, 0.15) is 38.3 Å². The van der Waals surface area contributed by atoms with Crippen molar-refractivity contribution in [2.75, 3.05) is 18.5 Å². The summed E-state index contributed by atoms with van der Waals surface area (Å²) in [6.07, 6.45) is 5.30. The summed E-state index contributed by atoms with van der Waals surface area (Å²) >= 11 is 0. The van der Waals surface area contributed by atoms with E-state index in [4.69, 9.17) is 4.74 Å². The number of ether oxygens (including phenoxy) is 1. The van der Waals surface area contributed by atoms with Crippen LogP contribution in [0.5, 0.6) is 0 Å². The molecule has 0 spiro atoms. The van der Waals surface area contributed by atoms with Crippen LogP contribution in [0, 0.1) is 12.8 Å². The van der Waals surface area contributed by atoms with Gasteiger partial charge in [0.1, 0.15) is 5.82 Å². The van der Waals surface area contributed by atoms with Crippen molar-refractivity contribution in [2.45, 2.75) is 45.6 Å². The third kappa shape index (κ3) is 4.74. The first-order valence-electron chi connectivity index (χ1n) is 7.73. The van der Waals surface area contributed by atoms with Crippen molar-refractivity contribution in [3.63, 3.8) is 0 Å². The summed E-state index contributed by atoms with van der Waals surface area (Å²) in [7, 11) is 1.80. The summed E-state index contributed by atoms with van der Waals surface area (Å²) in [5.74, 6) is 1.32. The molecule has 0 unspecified atom stereocenters. The van der Waals surface area contributed by atoms with Gasteiger partial charge in [0, 0.05) is 19.7 Å². The van der Waals surface area contributed by atoms with Gasteiger partial charge in [-0.3, -0.25) is 10.00 Å². The number of nitrogens with zero attached hydrogens (tertiary/aromatic N) is 2. The number of amides is 2. The first-order chi connectivity index (χ1) is 10.1. The van der Waals surface area contributed by atoms with E-state index in [0.29, 0.717) is 31.0 Å². The molecule has 21 heavy (non-hydrogen) atoms. The molecule has 2 atom stereocenters. The fourth-order valence-electron chi connectivity index (χ4n) is 2.79. The third-order valence-corrected chi connectivity index (χ3v) is 4.00. The summed E-state index contributed by atoms with van der Waals surface area (Å²) in [6, 6.07) is 1.61. The van der Waals surface area contributed by atoms with E-state index in [1.54, 1.807) is 11.7 Å². The quantitative estimate of drug-likeness (QED) is 0.820. The van der Waals surface area contributed by atoms with Gasteiger partial charge in [-0.1, -0.05) is 19.8 Å². The Kier molecular flexibility index (Phi) is 5.61. The molecule has 2 N–H and O–H groups in total. The molecule has 0 aliphatic heterocycles. The summed E-state index contributed by atoms with van der Waals surface area (Å²) in [4.78, 5) is 11.8. The van der Waals surface area contributed by atoms with Crippen molar-refractivity contribution in [2.24, 2.45) is 13.0 Å². The predicted molar refractivity (Wildman–Crippen MR) is 82.3 cm³/mol. The Balaban J connectivity index is 1.64. The average molecular weight is 294 g/mol. The summed E-state index contributed by atoms with van der Waals surface area (Å²) < 4.78 is 7.51. The number of hydrogen-bond donors (Lipinski definition) is 2. The molecule has 1 saturated carbocycles. The van der Waals surface area contributed by atoms with E-state index in [1.807, 2.05) is 13.0 Å². The lowest BCUT2D eigenvalue weighted by Crippen LogP contribution is -2.34. The van der Waals surface area contributed by atoms with Gasteiger partial charge in [0.25, 0.3) is 0 Å². The number of hydrogen-bond acceptors (Lipinski definition) is 3. The highest BCUT2D eigenvalue weighted by molar-refractivity contribution is 5.88. The highest BCUT2D eigenvalue weighted by atomic mass is 16.5. The lowest BCUT2D eigenvalue weighted by molar-refractivity contribution is -0.00232. The molecule has 1 aliphatic rings. The Bertz CT molecular complexity index is 472. The molecule has 2 rings (SSSR count). The van der Waals surface area contributed by atoms with E-state index in [9.17, 15) is 4.79 Å². The van der Waals surface area contributed by atoms with Gasteiger partial charge >= 0.3 is 6.03 Å². The minimum absolute atomic E-state index is 0.224. The Labute approximate surface area is 126 Å². The summed E-state index contributed by atoms with van der Waals surface area (Å²) in [5, 5.41) is 9.76. The first kappa shape index (κ1) is 15.8. The lowest BCUT2D eigenvalue weighted by Gasteiger charge is -2.28. The molecule has 1 heterocycles. The van der Waals surface area contributed by atoms with E-state index in [2.05, 4.69) is 22.7 Å². The number of aryl methyl sites for hydroxylation is 2. The van der Waals surface area contributed by atoms with Gasteiger partial charge in [-0.25, -0.2) is 4.79 Å². The maximum atomic E-state index is 11.8. The van der Waals surface area contributed by atoms with Gasteiger partial charge in [0.2, 0.25) is 0 Å². The van der Waals surface area contributed by atoms with Crippen LogP contribution in [-0.2, 0) is 11.8 Å². The van der Waals surface area contributed by atoms with Crippen LogP contribution in [0.4, 0.5) is 10.6 Å². The van der Waals surface area contributed by atoms with Crippen LogP contribution in [0.15, 0.2) is 6.07 Å². The normalized spacial score (nSPS) is 22.0. The van der Waals surface area contributed by atoms with Crippen molar-refractivity contribution in [3.05, 3.63) is 11.8 Å². The van der Waals surface area contributed by atoms with Gasteiger partial charge in [0.05, 0.1) is 18.4 Å². The monoisotopic (exact) mass is 294 g/mol. The topological polar surface area (TPSA) is 68.2 Å². The standard InChI is InChI=1S/C15H26N4O2/c1-11-6-4-5-7-13(11)21-9-8-16-15(20)17-14-10-12(2)18-19(14)3/h10-11,13H,4-9H2,1-3H3,(H2,16,17,20)/t11-,13+/m1/s1. The Morgan fingerprint density at radius 3 is 2.90 bits per heavy atom. The highest BCUT2D eigenvalue weighted by Gasteiger charge is 2.21. The largest absolute Gasteiger partial charge is 0.376 e. The smallest absolute Gasteiger partial charge is 0.320 e. The molecule has 118 valence electrons. The number of rotatable bonds is 5. The Hall–Kier alpha value is -1.56. The van der Waals surface area contributed by atoms with E-state index in [0.717, 1.165) is 12.1 Å². The van der Waals surface area contributed by atoms with Crippen molar-refractivity contribution >= 4 is 11.8 Å².